The Bertz CT molecular complexity index is 1820. The van der Waals surface area contributed by atoms with Gasteiger partial charge < -0.3 is 73.0 Å². The summed E-state index contributed by atoms with van der Waals surface area (Å²) in [6.07, 6.45) is -13.6. The number of ether oxygens (including phenoxy) is 8. The van der Waals surface area contributed by atoms with Crippen LogP contribution in [0.4, 0.5) is 0 Å². The van der Waals surface area contributed by atoms with Crippen LogP contribution < -0.4 is 24.4 Å². The molecular formula is C34H38O16. The summed E-state index contributed by atoms with van der Waals surface area (Å²) in [5, 5.41) is 61.5. The van der Waals surface area contributed by atoms with E-state index in [0.29, 0.717) is 62.0 Å². The SMILES string of the molecule is C=C(CO[C@@H]1O[C@H](CO[C@@H]2OC[C@H](O)[C@H](O)[C@H]2O)[C@@H](O)[C@H](O)[C@H]1O)[C@H]1Cc2c(ccc3c(=O)c4c(oc23)COc2cc(OC)c(OC)cc2-4)O1. The Morgan fingerprint density at radius 2 is 1.64 bits per heavy atom. The monoisotopic (exact) mass is 702 g/mol. The molecule has 0 unspecified atom stereocenters. The second-order valence-corrected chi connectivity index (χ2v) is 12.5. The van der Waals surface area contributed by atoms with Crippen molar-refractivity contribution in [1.29, 1.82) is 0 Å². The van der Waals surface area contributed by atoms with Gasteiger partial charge in [-0.05, 0) is 23.8 Å². The van der Waals surface area contributed by atoms with Crippen molar-refractivity contribution in [3.05, 3.63) is 58.0 Å². The molecule has 0 radical (unpaired) electrons. The molecule has 0 aliphatic carbocycles. The molecule has 0 amide bonds. The van der Waals surface area contributed by atoms with Crippen LogP contribution in [0.2, 0.25) is 0 Å². The first-order chi connectivity index (χ1) is 24.0. The van der Waals surface area contributed by atoms with Gasteiger partial charge in [-0.15, -0.1) is 0 Å². The van der Waals surface area contributed by atoms with Gasteiger partial charge in [0.2, 0.25) is 5.43 Å². The first kappa shape index (κ1) is 34.6. The molecule has 16 nitrogen and oxygen atoms in total. The third-order valence-electron chi connectivity index (χ3n) is 9.40. The predicted molar refractivity (Wildman–Crippen MR) is 169 cm³/mol. The number of methoxy groups -OCH3 is 2. The van der Waals surface area contributed by atoms with Crippen molar-refractivity contribution in [2.45, 2.75) is 74.4 Å². The maximum atomic E-state index is 13.9. The standard InChI is InChI=1S/C34H38O16/c1-13(9-45-34-31(41)29(39)28(38)24(50-34)12-47-33-30(40)27(37)17(35)10-46-33)19-7-16-18(48-19)5-4-14-26(36)25-15-6-21(42-2)22(43-3)8-20(15)44-11-23(25)49-32(14)16/h4-6,8,17,19,24,27-31,33-35,37-41H,1,7,9-12H2,2-3H3/t17-,19+,24+,27-,28+,29-,30+,31+,33-,34+/m0/s1. The molecule has 2 fully saturated rings. The number of aliphatic hydroxyl groups is 6. The Labute approximate surface area is 284 Å². The molecule has 0 saturated carbocycles. The van der Waals surface area contributed by atoms with E-state index in [1.807, 2.05) is 0 Å². The van der Waals surface area contributed by atoms with Gasteiger partial charge in [-0.2, -0.15) is 0 Å². The highest BCUT2D eigenvalue weighted by Crippen LogP contribution is 2.45. The van der Waals surface area contributed by atoms with Crippen molar-refractivity contribution in [3.63, 3.8) is 0 Å². The predicted octanol–water partition coefficient (Wildman–Crippen LogP) is -0.491. The van der Waals surface area contributed by atoms with Crippen LogP contribution in [0, 0.1) is 0 Å². The molecule has 0 bridgehead atoms. The first-order valence-corrected chi connectivity index (χ1v) is 15.9. The van der Waals surface area contributed by atoms with Crippen molar-refractivity contribution in [2.75, 3.05) is 34.0 Å². The van der Waals surface area contributed by atoms with Crippen LogP contribution >= 0.6 is 0 Å². The zero-order chi connectivity index (χ0) is 35.4. The third-order valence-corrected chi connectivity index (χ3v) is 9.40. The molecular weight excluding hydrogens is 664 g/mol. The fourth-order valence-electron chi connectivity index (χ4n) is 6.53. The van der Waals surface area contributed by atoms with E-state index >= 15 is 0 Å². The van der Waals surface area contributed by atoms with Gasteiger partial charge in [0, 0.05) is 23.6 Å². The van der Waals surface area contributed by atoms with E-state index < -0.39 is 68.0 Å². The summed E-state index contributed by atoms with van der Waals surface area (Å²) in [5.41, 5.74) is 2.11. The fraction of sp³-hybridized carbons (Fsp3) is 0.500. The van der Waals surface area contributed by atoms with E-state index in [4.69, 9.17) is 42.3 Å². The molecule has 16 heteroatoms. The normalized spacial score (nSPS) is 31.6. The molecule has 4 aliphatic rings. The summed E-state index contributed by atoms with van der Waals surface area (Å²) in [7, 11) is 3.01. The smallest absolute Gasteiger partial charge is 0.201 e. The van der Waals surface area contributed by atoms with Crippen LogP contribution in [0.1, 0.15) is 11.3 Å². The topological polar surface area (TPSA) is 225 Å². The van der Waals surface area contributed by atoms with Gasteiger partial charge in [-0.1, -0.05) is 6.58 Å². The average Bonchev–Trinajstić information content (AvgIpc) is 3.57. The molecule has 50 heavy (non-hydrogen) atoms. The van der Waals surface area contributed by atoms with E-state index in [1.54, 1.807) is 24.3 Å². The van der Waals surface area contributed by atoms with E-state index in [9.17, 15) is 35.4 Å². The summed E-state index contributed by atoms with van der Waals surface area (Å²) in [5.74, 6) is 2.21. The lowest BCUT2D eigenvalue weighted by Crippen LogP contribution is -2.60. The minimum atomic E-state index is -1.67. The molecule has 5 heterocycles. The Morgan fingerprint density at radius 3 is 2.40 bits per heavy atom. The Hall–Kier alpha value is -3.81. The highest BCUT2D eigenvalue weighted by atomic mass is 16.7. The van der Waals surface area contributed by atoms with Gasteiger partial charge >= 0.3 is 0 Å². The van der Waals surface area contributed by atoms with Gasteiger partial charge in [0.05, 0.1) is 45.0 Å². The number of benzene rings is 2. The number of rotatable bonds is 9. The van der Waals surface area contributed by atoms with E-state index in [-0.39, 0.29) is 31.7 Å². The summed E-state index contributed by atoms with van der Waals surface area (Å²) in [4.78, 5) is 13.9. The number of hydrogen-bond donors (Lipinski definition) is 6. The second kappa shape index (κ2) is 13.7. The van der Waals surface area contributed by atoms with E-state index in [0.717, 1.165) is 0 Å². The van der Waals surface area contributed by atoms with Crippen LogP contribution in [0.15, 0.2) is 45.6 Å². The molecule has 6 N–H and O–H groups in total. The fourth-order valence-corrected chi connectivity index (χ4v) is 6.53. The Balaban J connectivity index is 1.03. The van der Waals surface area contributed by atoms with Crippen LogP contribution in [0.5, 0.6) is 23.0 Å². The molecule has 3 aromatic rings. The number of aliphatic hydroxyl groups excluding tert-OH is 6. The number of fused-ring (bicyclic) bond motifs is 6. The van der Waals surface area contributed by atoms with Crippen molar-refractivity contribution in [2.24, 2.45) is 0 Å². The molecule has 2 saturated heterocycles. The Morgan fingerprint density at radius 1 is 0.900 bits per heavy atom. The lowest BCUT2D eigenvalue weighted by molar-refractivity contribution is -0.319. The molecule has 270 valence electrons. The maximum Gasteiger partial charge on any atom is 0.201 e. The van der Waals surface area contributed by atoms with Crippen molar-refractivity contribution >= 4 is 11.0 Å². The summed E-state index contributed by atoms with van der Waals surface area (Å²) >= 11 is 0. The van der Waals surface area contributed by atoms with Crippen LogP contribution in [-0.2, 0) is 32.0 Å². The molecule has 10 atom stereocenters. The van der Waals surface area contributed by atoms with Crippen molar-refractivity contribution < 1.29 is 73.0 Å². The lowest BCUT2D eigenvalue weighted by atomic mass is 9.97. The third kappa shape index (κ3) is 6.00. The highest BCUT2D eigenvalue weighted by molar-refractivity contribution is 5.89. The zero-order valence-corrected chi connectivity index (χ0v) is 27.1. The quantitative estimate of drug-likeness (QED) is 0.155. The molecule has 0 spiro atoms. The largest absolute Gasteiger partial charge is 0.493 e. The minimum absolute atomic E-state index is 0.0210. The molecule has 7 rings (SSSR count). The molecule has 2 aromatic carbocycles. The van der Waals surface area contributed by atoms with E-state index in [2.05, 4.69) is 6.58 Å². The van der Waals surface area contributed by atoms with Gasteiger partial charge in [-0.3, -0.25) is 4.79 Å². The maximum absolute atomic E-state index is 13.9. The first-order valence-electron chi connectivity index (χ1n) is 15.9. The summed E-state index contributed by atoms with van der Waals surface area (Å²) in [6, 6.07) is 6.67. The van der Waals surface area contributed by atoms with Crippen molar-refractivity contribution in [1.82, 2.24) is 0 Å². The minimum Gasteiger partial charge on any atom is -0.493 e. The van der Waals surface area contributed by atoms with Crippen molar-refractivity contribution in [3.8, 4) is 34.1 Å². The van der Waals surface area contributed by atoms with E-state index in [1.165, 1.54) is 14.2 Å². The molecule has 4 aliphatic heterocycles. The zero-order valence-electron chi connectivity index (χ0n) is 27.1. The second-order valence-electron chi connectivity index (χ2n) is 12.5. The van der Waals surface area contributed by atoms with Gasteiger partial charge in [0.25, 0.3) is 0 Å². The van der Waals surface area contributed by atoms with Crippen LogP contribution in [-0.4, -0.2) is 126 Å². The summed E-state index contributed by atoms with van der Waals surface area (Å²) < 4.78 is 51.3. The lowest BCUT2D eigenvalue weighted by Gasteiger charge is -2.41. The van der Waals surface area contributed by atoms with Gasteiger partial charge in [0.1, 0.15) is 72.5 Å². The van der Waals surface area contributed by atoms with Gasteiger partial charge in [-0.25, -0.2) is 0 Å². The summed E-state index contributed by atoms with van der Waals surface area (Å²) in [6.45, 7) is 3.20. The highest BCUT2D eigenvalue weighted by Gasteiger charge is 2.46. The number of hydrogen-bond acceptors (Lipinski definition) is 16. The average molecular weight is 703 g/mol. The van der Waals surface area contributed by atoms with Crippen LogP contribution in [0.3, 0.4) is 0 Å². The van der Waals surface area contributed by atoms with Crippen LogP contribution in [0.25, 0.3) is 22.1 Å². The van der Waals surface area contributed by atoms with Gasteiger partial charge in [0.15, 0.2) is 29.8 Å². The molecule has 1 aromatic heterocycles. The Kier molecular flexibility index (Phi) is 9.50.